The molecular formula is C46H59N3O9. The van der Waals surface area contributed by atoms with Crippen molar-refractivity contribution in [3.05, 3.63) is 108 Å². The van der Waals surface area contributed by atoms with E-state index in [-0.39, 0.29) is 31.6 Å². The lowest BCUT2D eigenvalue weighted by Crippen LogP contribution is -2.56. The summed E-state index contributed by atoms with van der Waals surface area (Å²) < 4.78 is 18.2. The summed E-state index contributed by atoms with van der Waals surface area (Å²) in [5.74, 6) is -5.70. The molecule has 0 N–H and O–H groups in total. The Labute approximate surface area is 342 Å². The highest BCUT2D eigenvalue weighted by Crippen LogP contribution is 2.24. The van der Waals surface area contributed by atoms with E-state index in [1.54, 1.807) is 39.8 Å². The minimum atomic E-state index is -1.36. The van der Waals surface area contributed by atoms with Crippen molar-refractivity contribution in [3.8, 4) is 0 Å². The molecule has 0 aromatic heterocycles. The maximum atomic E-state index is 14.5. The van der Waals surface area contributed by atoms with Gasteiger partial charge in [-0.2, -0.15) is 0 Å². The molecule has 4 rings (SSSR count). The van der Waals surface area contributed by atoms with Crippen molar-refractivity contribution >= 4 is 35.6 Å². The summed E-state index contributed by atoms with van der Waals surface area (Å²) in [6.45, 7) is 10.6. The Bertz CT molecular complexity index is 1810. The zero-order valence-electron chi connectivity index (χ0n) is 35.2. The summed E-state index contributed by atoms with van der Waals surface area (Å²) >= 11 is 0. The van der Waals surface area contributed by atoms with Crippen molar-refractivity contribution in [1.82, 2.24) is 14.7 Å². The lowest BCUT2D eigenvalue weighted by Gasteiger charge is -2.36. The van der Waals surface area contributed by atoms with E-state index in [0.29, 0.717) is 0 Å². The van der Waals surface area contributed by atoms with E-state index in [1.807, 2.05) is 92.7 Å². The van der Waals surface area contributed by atoms with Crippen molar-refractivity contribution in [3.63, 3.8) is 0 Å². The highest BCUT2D eigenvalue weighted by molar-refractivity contribution is 5.94. The fraction of sp³-hybridized carbons (Fsp3) is 0.478. The fourth-order valence-electron chi connectivity index (χ4n) is 6.93. The highest BCUT2D eigenvalue weighted by Gasteiger charge is 2.43. The molecule has 0 aliphatic carbocycles. The SMILES string of the molecule is CC(C)CC1OC(=O)C(Cc2ccccc2)N(C)C(=O)C(C(C)C)OC(=O)C(Cc2ccccc2)N(C)C(=O)C(C(C)C)OC(=O)C(Cc2ccccc2)N(C)C1=O. The average Bonchev–Trinajstić information content (AvgIpc) is 3.20. The number of likely N-dealkylation sites (N-methyl/N-ethyl adjacent to an activating group) is 3. The number of carbonyl (C=O) groups is 6. The Hall–Kier alpha value is -5.52. The number of ether oxygens (including phenoxy) is 3. The summed E-state index contributed by atoms with van der Waals surface area (Å²) in [6, 6.07) is 23.5. The first-order chi connectivity index (χ1) is 27.5. The molecule has 6 unspecified atom stereocenters. The van der Waals surface area contributed by atoms with Gasteiger partial charge in [0, 0.05) is 40.4 Å². The monoisotopic (exact) mass is 797 g/mol. The molecule has 1 aliphatic heterocycles. The van der Waals surface area contributed by atoms with E-state index in [9.17, 15) is 28.8 Å². The number of rotatable bonds is 10. The van der Waals surface area contributed by atoms with Crippen LogP contribution >= 0.6 is 0 Å². The second-order valence-electron chi connectivity index (χ2n) is 16.2. The Morgan fingerprint density at radius 3 is 1.03 bits per heavy atom. The van der Waals surface area contributed by atoms with Gasteiger partial charge in [0.25, 0.3) is 17.7 Å². The zero-order valence-corrected chi connectivity index (χ0v) is 35.2. The third kappa shape index (κ3) is 11.8. The van der Waals surface area contributed by atoms with Crippen LogP contribution in [0.25, 0.3) is 0 Å². The van der Waals surface area contributed by atoms with Gasteiger partial charge >= 0.3 is 17.9 Å². The molecule has 0 radical (unpaired) electrons. The van der Waals surface area contributed by atoms with Crippen LogP contribution in [0.5, 0.6) is 0 Å². The lowest BCUT2D eigenvalue weighted by molar-refractivity contribution is -0.178. The minimum Gasteiger partial charge on any atom is -0.451 e. The van der Waals surface area contributed by atoms with Crippen LogP contribution < -0.4 is 0 Å². The molecule has 0 spiro atoms. The van der Waals surface area contributed by atoms with Crippen LogP contribution in [-0.2, 0) is 62.2 Å². The van der Waals surface area contributed by atoms with Gasteiger partial charge in [-0.15, -0.1) is 0 Å². The molecule has 6 atom stereocenters. The maximum absolute atomic E-state index is 14.5. The van der Waals surface area contributed by atoms with Crippen LogP contribution in [0.15, 0.2) is 91.0 Å². The number of hydrogen-bond donors (Lipinski definition) is 0. The molecule has 1 heterocycles. The van der Waals surface area contributed by atoms with E-state index in [1.165, 1.54) is 35.8 Å². The van der Waals surface area contributed by atoms with Crippen molar-refractivity contribution in [2.45, 2.75) is 104 Å². The van der Waals surface area contributed by atoms with E-state index in [2.05, 4.69) is 0 Å². The van der Waals surface area contributed by atoms with Crippen LogP contribution in [-0.4, -0.2) is 108 Å². The maximum Gasteiger partial charge on any atom is 0.329 e. The molecule has 1 fully saturated rings. The first kappa shape index (κ1) is 45.2. The molecule has 312 valence electrons. The van der Waals surface area contributed by atoms with E-state index < -0.39 is 83.9 Å². The van der Waals surface area contributed by atoms with Gasteiger partial charge in [-0.25, -0.2) is 14.4 Å². The second kappa shape index (κ2) is 20.8. The summed E-state index contributed by atoms with van der Waals surface area (Å²) in [7, 11) is 4.34. The van der Waals surface area contributed by atoms with Gasteiger partial charge < -0.3 is 28.9 Å². The van der Waals surface area contributed by atoms with Crippen LogP contribution in [0.1, 0.15) is 64.7 Å². The molecule has 3 amide bonds. The van der Waals surface area contributed by atoms with Gasteiger partial charge in [-0.1, -0.05) is 133 Å². The molecule has 3 aromatic rings. The first-order valence-electron chi connectivity index (χ1n) is 20.0. The Kier molecular flexibility index (Phi) is 16.2. The molecule has 12 heteroatoms. The third-order valence-corrected chi connectivity index (χ3v) is 10.5. The predicted octanol–water partition coefficient (Wildman–Crippen LogP) is 5.30. The smallest absolute Gasteiger partial charge is 0.329 e. The number of esters is 3. The van der Waals surface area contributed by atoms with Crippen LogP contribution in [0, 0.1) is 17.8 Å². The second-order valence-corrected chi connectivity index (χ2v) is 16.2. The Balaban J connectivity index is 1.89. The zero-order chi connectivity index (χ0) is 42.7. The molecular weight excluding hydrogens is 739 g/mol. The summed E-state index contributed by atoms with van der Waals surface area (Å²) in [4.78, 5) is 90.3. The van der Waals surface area contributed by atoms with Gasteiger partial charge in [0.15, 0.2) is 18.3 Å². The summed E-state index contributed by atoms with van der Waals surface area (Å²) in [6.07, 6.45) is -3.84. The van der Waals surface area contributed by atoms with Crippen LogP contribution in [0.2, 0.25) is 0 Å². The Morgan fingerprint density at radius 1 is 0.448 bits per heavy atom. The third-order valence-electron chi connectivity index (χ3n) is 10.5. The number of carbonyl (C=O) groups excluding carboxylic acids is 6. The van der Waals surface area contributed by atoms with E-state index >= 15 is 0 Å². The number of cyclic esters (lactones) is 3. The molecule has 0 bridgehead atoms. The Morgan fingerprint density at radius 2 is 0.741 bits per heavy atom. The quantitative estimate of drug-likeness (QED) is 0.198. The molecule has 12 nitrogen and oxygen atoms in total. The van der Waals surface area contributed by atoms with Crippen molar-refractivity contribution in [2.24, 2.45) is 17.8 Å². The largest absolute Gasteiger partial charge is 0.451 e. The van der Waals surface area contributed by atoms with Gasteiger partial charge in [-0.3, -0.25) is 14.4 Å². The summed E-state index contributed by atoms with van der Waals surface area (Å²) in [5.41, 5.74) is 2.17. The number of nitrogens with zero attached hydrogens (tertiary/aromatic N) is 3. The van der Waals surface area contributed by atoms with Crippen LogP contribution in [0.3, 0.4) is 0 Å². The van der Waals surface area contributed by atoms with E-state index in [4.69, 9.17) is 14.2 Å². The van der Waals surface area contributed by atoms with Gasteiger partial charge in [0.1, 0.15) is 18.1 Å². The molecule has 1 saturated heterocycles. The van der Waals surface area contributed by atoms with E-state index in [0.717, 1.165) is 16.7 Å². The highest BCUT2D eigenvalue weighted by atomic mass is 16.6. The van der Waals surface area contributed by atoms with Crippen molar-refractivity contribution in [2.75, 3.05) is 21.1 Å². The normalized spacial score (nSPS) is 23.5. The van der Waals surface area contributed by atoms with Crippen LogP contribution in [0.4, 0.5) is 0 Å². The number of benzene rings is 3. The van der Waals surface area contributed by atoms with Gasteiger partial charge in [0.2, 0.25) is 0 Å². The fourth-order valence-corrected chi connectivity index (χ4v) is 6.93. The lowest BCUT2D eigenvalue weighted by atomic mass is 9.99. The first-order valence-corrected chi connectivity index (χ1v) is 20.0. The standard InChI is InChI=1S/C46H59N3O9/c1-29(2)25-38-41(50)47(7)36(27-33-21-15-11-16-22-33)45(54)57-40(31(5)6)43(52)49(9)37(28-34-23-17-12-18-24-34)46(55)58-39(30(3)4)42(51)48(8)35(44(53)56-38)26-32-19-13-10-14-20-32/h10-24,29-31,35-40H,25-28H2,1-9H3. The van der Waals surface area contributed by atoms with Gasteiger partial charge in [-0.05, 0) is 40.9 Å². The van der Waals surface area contributed by atoms with Gasteiger partial charge in [0.05, 0.1) is 0 Å². The molecule has 58 heavy (non-hydrogen) atoms. The minimum absolute atomic E-state index is 0.0313. The van der Waals surface area contributed by atoms with Crippen molar-refractivity contribution in [1.29, 1.82) is 0 Å². The topological polar surface area (TPSA) is 140 Å². The molecule has 1 aliphatic rings. The number of hydrogen-bond acceptors (Lipinski definition) is 9. The van der Waals surface area contributed by atoms with Crippen molar-refractivity contribution < 1.29 is 43.0 Å². The summed E-state index contributed by atoms with van der Waals surface area (Å²) in [5, 5.41) is 0. The molecule has 0 saturated carbocycles. The average molecular weight is 798 g/mol. The molecule has 3 aromatic carbocycles. The predicted molar refractivity (Wildman–Crippen MR) is 219 cm³/mol. The number of amides is 3.